The number of aromatic nitrogens is 2. The van der Waals surface area contributed by atoms with Gasteiger partial charge >= 0.3 is 0 Å². The Bertz CT molecular complexity index is 636. The molecule has 104 valence electrons. The highest BCUT2D eigenvalue weighted by atomic mass is 15.2. The van der Waals surface area contributed by atoms with Gasteiger partial charge in [-0.1, -0.05) is 25.1 Å². The summed E-state index contributed by atoms with van der Waals surface area (Å²) in [4.78, 5) is 13.2. The van der Waals surface area contributed by atoms with Crippen LogP contribution in [0.2, 0.25) is 0 Å². The van der Waals surface area contributed by atoms with E-state index >= 15 is 0 Å². The maximum atomic E-state index is 4.52. The van der Waals surface area contributed by atoms with Crippen LogP contribution >= 0.6 is 0 Å². The van der Waals surface area contributed by atoms with Crippen molar-refractivity contribution in [3.05, 3.63) is 41.7 Å². The van der Waals surface area contributed by atoms with Crippen LogP contribution in [0, 0.1) is 0 Å². The van der Waals surface area contributed by atoms with Gasteiger partial charge < -0.3 is 9.80 Å². The predicted octanol–water partition coefficient (Wildman–Crippen LogP) is 2.97. The molecule has 0 spiro atoms. The zero-order chi connectivity index (χ0) is 14.3. The first kappa shape index (κ1) is 12.9. The molecule has 1 unspecified atom stereocenters. The van der Waals surface area contributed by atoms with Gasteiger partial charge in [0.25, 0.3) is 0 Å². The lowest BCUT2D eigenvalue weighted by molar-refractivity contribution is 0.761. The molecular formula is C16H20N4. The minimum Gasteiger partial charge on any atom is -0.362 e. The van der Waals surface area contributed by atoms with E-state index in [1.165, 1.54) is 16.8 Å². The van der Waals surface area contributed by atoms with E-state index in [-0.39, 0.29) is 0 Å². The number of nitrogens with zero attached hydrogens (tertiary/aromatic N) is 4. The molecule has 0 bridgehead atoms. The van der Waals surface area contributed by atoms with Crippen molar-refractivity contribution in [2.45, 2.75) is 19.3 Å². The lowest BCUT2D eigenvalue weighted by atomic mass is 9.94. The van der Waals surface area contributed by atoms with Crippen LogP contribution in [-0.4, -0.2) is 31.1 Å². The Hall–Kier alpha value is -2.10. The molecule has 4 nitrogen and oxygen atoms in total. The molecule has 2 heterocycles. The summed E-state index contributed by atoms with van der Waals surface area (Å²) in [5, 5.41) is 0. The molecule has 0 N–H and O–H groups in total. The van der Waals surface area contributed by atoms with Crippen molar-refractivity contribution in [3.8, 4) is 0 Å². The lowest BCUT2D eigenvalue weighted by Crippen LogP contribution is -2.18. The SMILES string of the molecule is CC1Cc2c(N(C)C)ncnc2N(C)c2ccccc21. The van der Waals surface area contributed by atoms with Gasteiger partial charge in [0.05, 0.1) is 0 Å². The average Bonchev–Trinajstić information content (AvgIpc) is 2.56. The largest absolute Gasteiger partial charge is 0.362 e. The average molecular weight is 268 g/mol. The second-order valence-corrected chi connectivity index (χ2v) is 5.62. The van der Waals surface area contributed by atoms with E-state index in [1.807, 2.05) is 14.1 Å². The number of rotatable bonds is 1. The summed E-state index contributed by atoms with van der Waals surface area (Å²) in [6, 6.07) is 8.57. The van der Waals surface area contributed by atoms with Crippen LogP contribution in [0.15, 0.2) is 30.6 Å². The number of anilines is 3. The van der Waals surface area contributed by atoms with Crippen molar-refractivity contribution in [2.24, 2.45) is 0 Å². The second kappa shape index (κ2) is 4.78. The zero-order valence-electron chi connectivity index (χ0n) is 12.5. The van der Waals surface area contributed by atoms with Crippen molar-refractivity contribution in [2.75, 3.05) is 30.9 Å². The Morgan fingerprint density at radius 3 is 2.70 bits per heavy atom. The molecule has 0 aliphatic carbocycles. The van der Waals surface area contributed by atoms with Gasteiger partial charge in [-0.05, 0) is 24.0 Å². The summed E-state index contributed by atoms with van der Waals surface area (Å²) < 4.78 is 0. The molecule has 1 aliphatic rings. The number of hydrogen-bond donors (Lipinski definition) is 0. The van der Waals surface area contributed by atoms with Crippen LogP contribution in [0.1, 0.15) is 24.0 Å². The molecule has 1 aromatic heterocycles. The quantitative estimate of drug-likeness (QED) is 0.796. The highest BCUT2D eigenvalue weighted by Gasteiger charge is 2.26. The third kappa shape index (κ3) is 1.92. The van der Waals surface area contributed by atoms with Crippen LogP contribution in [0.3, 0.4) is 0 Å². The molecule has 4 heteroatoms. The third-order valence-corrected chi connectivity index (χ3v) is 3.98. The highest BCUT2D eigenvalue weighted by Crippen LogP contribution is 2.40. The fourth-order valence-electron chi connectivity index (χ4n) is 2.99. The van der Waals surface area contributed by atoms with Gasteiger partial charge in [0.2, 0.25) is 0 Å². The van der Waals surface area contributed by atoms with Gasteiger partial charge in [-0.25, -0.2) is 9.97 Å². The van der Waals surface area contributed by atoms with Crippen molar-refractivity contribution >= 4 is 17.3 Å². The number of benzene rings is 1. The summed E-state index contributed by atoms with van der Waals surface area (Å²) in [5.41, 5.74) is 3.84. The Morgan fingerprint density at radius 1 is 1.20 bits per heavy atom. The Labute approximate surface area is 120 Å². The second-order valence-electron chi connectivity index (χ2n) is 5.62. The molecule has 0 amide bonds. The molecule has 1 aliphatic heterocycles. The molecule has 1 atom stereocenters. The highest BCUT2D eigenvalue weighted by molar-refractivity contribution is 5.72. The fraction of sp³-hybridized carbons (Fsp3) is 0.375. The molecule has 3 rings (SSSR count). The normalized spacial score (nSPS) is 17.2. The number of para-hydroxylation sites is 1. The van der Waals surface area contributed by atoms with E-state index in [0.717, 1.165) is 18.1 Å². The van der Waals surface area contributed by atoms with E-state index in [0.29, 0.717) is 5.92 Å². The predicted molar refractivity (Wildman–Crippen MR) is 83.0 cm³/mol. The fourth-order valence-corrected chi connectivity index (χ4v) is 2.99. The maximum absolute atomic E-state index is 4.52. The van der Waals surface area contributed by atoms with Gasteiger partial charge in [0.1, 0.15) is 18.0 Å². The van der Waals surface area contributed by atoms with Crippen LogP contribution < -0.4 is 9.80 Å². The van der Waals surface area contributed by atoms with Gasteiger partial charge in [-0.15, -0.1) is 0 Å². The molecule has 1 aromatic carbocycles. The first-order chi connectivity index (χ1) is 9.59. The third-order valence-electron chi connectivity index (χ3n) is 3.98. The van der Waals surface area contributed by atoms with E-state index in [4.69, 9.17) is 0 Å². The van der Waals surface area contributed by atoms with Gasteiger partial charge in [-0.2, -0.15) is 0 Å². The van der Waals surface area contributed by atoms with E-state index in [9.17, 15) is 0 Å². The Balaban J connectivity index is 2.22. The molecule has 0 saturated carbocycles. The minimum absolute atomic E-state index is 0.458. The number of fused-ring (bicyclic) bond motifs is 2. The molecule has 0 saturated heterocycles. The van der Waals surface area contributed by atoms with E-state index in [1.54, 1.807) is 6.33 Å². The first-order valence-electron chi connectivity index (χ1n) is 6.93. The first-order valence-corrected chi connectivity index (χ1v) is 6.93. The molecular weight excluding hydrogens is 248 g/mol. The van der Waals surface area contributed by atoms with Crippen molar-refractivity contribution in [1.82, 2.24) is 9.97 Å². The maximum Gasteiger partial charge on any atom is 0.141 e. The molecule has 0 radical (unpaired) electrons. The topological polar surface area (TPSA) is 32.3 Å². The van der Waals surface area contributed by atoms with E-state index in [2.05, 4.69) is 58.0 Å². The van der Waals surface area contributed by atoms with Crippen molar-refractivity contribution in [3.63, 3.8) is 0 Å². The Morgan fingerprint density at radius 2 is 1.95 bits per heavy atom. The molecule has 20 heavy (non-hydrogen) atoms. The summed E-state index contributed by atoms with van der Waals surface area (Å²) >= 11 is 0. The standard InChI is InChI=1S/C16H20N4/c1-11-9-13-15(19(2)3)17-10-18-16(13)20(4)14-8-6-5-7-12(11)14/h5-8,10-11H,9H2,1-4H3. The van der Waals surface area contributed by atoms with Crippen LogP contribution in [-0.2, 0) is 6.42 Å². The van der Waals surface area contributed by atoms with Gasteiger partial charge in [0, 0.05) is 32.4 Å². The summed E-state index contributed by atoms with van der Waals surface area (Å²) in [6.45, 7) is 2.27. The van der Waals surface area contributed by atoms with Gasteiger partial charge in [-0.3, -0.25) is 0 Å². The van der Waals surface area contributed by atoms with Crippen LogP contribution in [0.4, 0.5) is 17.3 Å². The summed E-state index contributed by atoms with van der Waals surface area (Å²) in [5.74, 6) is 2.49. The van der Waals surface area contributed by atoms with Crippen molar-refractivity contribution in [1.29, 1.82) is 0 Å². The Kier molecular flexibility index (Phi) is 3.08. The van der Waals surface area contributed by atoms with E-state index < -0.39 is 0 Å². The lowest BCUT2D eigenvalue weighted by Gasteiger charge is -2.22. The smallest absolute Gasteiger partial charge is 0.141 e. The monoisotopic (exact) mass is 268 g/mol. The van der Waals surface area contributed by atoms with Gasteiger partial charge in [0.15, 0.2) is 0 Å². The summed E-state index contributed by atoms with van der Waals surface area (Å²) in [7, 11) is 6.15. The van der Waals surface area contributed by atoms with Crippen LogP contribution in [0.5, 0.6) is 0 Å². The molecule has 0 fully saturated rings. The number of hydrogen-bond acceptors (Lipinski definition) is 4. The molecule has 2 aromatic rings. The minimum atomic E-state index is 0.458. The van der Waals surface area contributed by atoms with Crippen molar-refractivity contribution < 1.29 is 0 Å². The van der Waals surface area contributed by atoms with Crippen LogP contribution in [0.25, 0.3) is 0 Å². The summed E-state index contributed by atoms with van der Waals surface area (Å²) in [6.07, 6.45) is 2.62. The zero-order valence-corrected chi connectivity index (χ0v) is 12.5.